The Balaban J connectivity index is 2.18. The Morgan fingerprint density at radius 3 is 2.33 bits per heavy atom. The number of hydrogen-bond acceptors (Lipinski definition) is 1. The van der Waals surface area contributed by atoms with Crippen LogP contribution in [0.5, 0.6) is 0 Å². The molecule has 0 spiro atoms. The first-order valence-corrected chi connectivity index (χ1v) is 4.44. The van der Waals surface area contributed by atoms with Gasteiger partial charge in [0.25, 0.3) is 0 Å². The SMILES string of the molecule is Fc1ccc(Nc2[c]ccc(F)c2)cc1. The molecule has 0 aromatic heterocycles. The molecule has 1 N–H and O–H groups in total. The summed E-state index contributed by atoms with van der Waals surface area (Å²) in [4.78, 5) is 0. The molecule has 1 radical (unpaired) electrons. The molecular formula is C12H8F2N. The molecule has 15 heavy (non-hydrogen) atoms. The zero-order valence-corrected chi connectivity index (χ0v) is 7.80. The van der Waals surface area contributed by atoms with Crippen LogP contribution in [0.4, 0.5) is 20.2 Å². The average Bonchev–Trinajstić information content (AvgIpc) is 2.22. The van der Waals surface area contributed by atoms with E-state index in [0.717, 1.165) is 0 Å². The lowest BCUT2D eigenvalue weighted by molar-refractivity contribution is 0.627. The molecular weight excluding hydrogens is 196 g/mol. The second-order valence-electron chi connectivity index (χ2n) is 3.05. The summed E-state index contributed by atoms with van der Waals surface area (Å²) < 4.78 is 25.4. The van der Waals surface area contributed by atoms with Crippen LogP contribution in [0.2, 0.25) is 0 Å². The van der Waals surface area contributed by atoms with E-state index in [0.29, 0.717) is 11.4 Å². The van der Waals surface area contributed by atoms with Crippen LogP contribution in [0.15, 0.2) is 42.5 Å². The third-order valence-electron chi connectivity index (χ3n) is 1.89. The van der Waals surface area contributed by atoms with Crippen molar-refractivity contribution in [3.8, 4) is 0 Å². The summed E-state index contributed by atoms with van der Waals surface area (Å²) in [6.45, 7) is 0. The topological polar surface area (TPSA) is 12.0 Å². The number of halogens is 2. The van der Waals surface area contributed by atoms with Crippen molar-refractivity contribution in [1.82, 2.24) is 0 Å². The fourth-order valence-electron chi connectivity index (χ4n) is 1.20. The molecule has 75 valence electrons. The summed E-state index contributed by atoms with van der Waals surface area (Å²) in [5.41, 5.74) is 1.21. The molecule has 3 heteroatoms. The van der Waals surface area contributed by atoms with E-state index in [-0.39, 0.29) is 11.6 Å². The van der Waals surface area contributed by atoms with Gasteiger partial charge in [-0.05, 0) is 42.5 Å². The number of nitrogens with one attached hydrogen (secondary N) is 1. The predicted molar refractivity (Wildman–Crippen MR) is 54.9 cm³/mol. The van der Waals surface area contributed by atoms with Crippen LogP contribution in [0, 0.1) is 17.7 Å². The van der Waals surface area contributed by atoms with Gasteiger partial charge in [0.05, 0.1) is 0 Å². The Bertz CT molecular complexity index is 451. The smallest absolute Gasteiger partial charge is 0.125 e. The molecule has 2 rings (SSSR count). The first-order valence-electron chi connectivity index (χ1n) is 4.44. The van der Waals surface area contributed by atoms with E-state index in [1.54, 1.807) is 12.1 Å². The first kappa shape index (κ1) is 9.65. The van der Waals surface area contributed by atoms with Crippen molar-refractivity contribution in [2.75, 3.05) is 5.32 Å². The van der Waals surface area contributed by atoms with E-state index in [4.69, 9.17) is 0 Å². The third-order valence-corrected chi connectivity index (χ3v) is 1.89. The van der Waals surface area contributed by atoms with Crippen LogP contribution in [0.3, 0.4) is 0 Å². The van der Waals surface area contributed by atoms with Crippen molar-refractivity contribution in [3.63, 3.8) is 0 Å². The fraction of sp³-hybridized carbons (Fsp3) is 0. The second kappa shape index (κ2) is 4.09. The maximum absolute atomic E-state index is 12.8. The summed E-state index contributed by atoms with van der Waals surface area (Å²) in [6.07, 6.45) is 0. The minimum Gasteiger partial charge on any atom is -0.355 e. The number of benzene rings is 2. The summed E-state index contributed by atoms with van der Waals surface area (Å²) in [7, 11) is 0. The lowest BCUT2D eigenvalue weighted by atomic mass is 10.2. The highest BCUT2D eigenvalue weighted by molar-refractivity contribution is 5.58. The van der Waals surface area contributed by atoms with Crippen LogP contribution in [-0.2, 0) is 0 Å². The third kappa shape index (κ3) is 2.53. The fourth-order valence-corrected chi connectivity index (χ4v) is 1.20. The monoisotopic (exact) mass is 204 g/mol. The van der Waals surface area contributed by atoms with E-state index in [1.165, 1.54) is 30.3 Å². The molecule has 0 bridgehead atoms. The standard InChI is InChI=1S/C12H8F2N/c13-9-4-6-11(7-5-9)15-12-3-1-2-10(14)8-12/h1-2,4-8,15H. The van der Waals surface area contributed by atoms with Crippen molar-refractivity contribution in [3.05, 3.63) is 60.2 Å². The Kier molecular flexibility index (Phi) is 2.63. The Morgan fingerprint density at radius 1 is 0.933 bits per heavy atom. The average molecular weight is 204 g/mol. The Labute approximate surface area is 86.4 Å². The van der Waals surface area contributed by atoms with Crippen molar-refractivity contribution in [2.24, 2.45) is 0 Å². The second-order valence-corrected chi connectivity index (χ2v) is 3.05. The molecule has 0 amide bonds. The van der Waals surface area contributed by atoms with Gasteiger partial charge in [-0.3, -0.25) is 0 Å². The summed E-state index contributed by atoms with van der Waals surface area (Å²) in [5, 5.41) is 2.91. The highest BCUT2D eigenvalue weighted by Crippen LogP contribution is 2.16. The van der Waals surface area contributed by atoms with Gasteiger partial charge in [-0.25, -0.2) is 8.78 Å². The minimum absolute atomic E-state index is 0.302. The lowest BCUT2D eigenvalue weighted by Crippen LogP contribution is -1.90. The molecule has 1 nitrogen and oxygen atoms in total. The normalized spacial score (nSPS) is 10.0. The van der Waals surface area contributed by atoms with Crippen LogP contribution >= 0.6 is 0 Å². The van der Waals surface area contributed by atoms with E-state index < -0.39 is 0 Å². The van der Waals surface area contributed by atoms with E-state index in [2.05, 4.69) is 11.4 Å². The number of hydrogen-bond donors (Lipinski definition) is 1. The zero-order valence-electron chi connectivity index (χ0n) is 7.80. The van der Waals surface area contributed by atoms with Gasteiger partial charge in [-0.2, -0.15) is 0 Å². The van der Waals surface area contributed by atoms with Gasteiger partial charge in [0.2, 0.25) is 0 Å². The summed E-state index contributed by atoms with van der Waals surface area (Å²) in [5.74, 6) is -0.637. The minimum atomic E-state index is -0.335. The highest BCUT2D eigenvalue weighted by Gasteiger charge is 1.96. The Morgan fingerprint density at radius 2 is 1.67 bits per heavy atom. The van der Waals surface area contributed by atoms with Gasteiger partial charge in [0, 0.05) is 17.4 Å². The summed E-state index contributed by atoms with van der Waals surface area (Å²) >= 11 is 0. The van der Waals surface area contributed by atoms with Gasteiger partial charge in [0.15, 0.2) is 0 Å². The molecule has 0 fully saturated rings. The Hall–Kier alpha value is -1.90. The molecule has 2 aromatic rings. The number of anilines is 2. The van der Waals surface area contributed by atoms with Crippen LogP contribution in [-0.4, -0.2) is 0 Å². The van der Waals surface area contributed by atoms with Gasteiger partial charge in [-0.1, -0.05) is 0 Å². The number of rotatable bonds is 2. The van der Waals surface area contributed by atoms with Gasteiger partial charge >= 0.3 is 0 Å². The van der Waals surface area contributed by atoms with Crippen LogP contribution in [0.1, 0.15) is 0 Å². The maximum Gasteiger partial charge on any atom is 0.125 e. The van der Waals surface area contributed by atoms with E-state index in [1.807, 2.05) is 0 Å². The van der Waals surface area contributed by atoms with Gasteiger partial charge in [-0.15, -0.1) is 0 Å². The van der Waals surface area contributed by atoms with Gasteiger partial charge < -0.3 is 5.32 Å². The molecule has 0 saturated carbocycles. The largest absolute Gasteiger partial charge is 0.355 e. The van der Waals surface area contributed by atoms with Crippen LogP contribution < -0.4 is 5.32 Å². The molecule has 0 aliphatic rings. The van der Waals surface area contributed by atoms with Crippen molar-refractivity contribution in [2.45, 2.75) is 0 Å². The van der Waals surface area contributed by atoms with Crippen molar-refractivity contribution in [1.29, 1.82) is 0 Å². The molecule has 2 aromatic carbocycles. The van der Waals surface area contributed by atoms with E-state index in [9.17, 15) is 8.78 Å². The highest BCUT2D eigenvalue weighted by atomic mass is 19.1. The molecule has 0 aliphatic carbocycles. The van der Waals surface area contributed by atoms with E-state index >= 15 is 0 Å². The van der Waals surface area contributed by atoms with Crippen LogP contribution in [0.25, 0.3) is 0 Å². The molecule has 0 saturated heterocycles. The van der Waals surface area contributed by atoms with Crippen molar-refractivity contribution < 1.29 is 8.78 Å². The van der Waals surface area contributed by atoms with Gasteiger partial charge in [0.1, 0.15) is 11.6 Å². The summed E-state index contributed by atoms with van der Waals surface area (Å²) in [6, 6.07) is 12.8. The first-order chi connectivity index (χ1) is 7.24. The molecule has 0 unspecified atom stereocenters. The van der Waals surface area contributed by atoms with Crippen molar-refractivity contribution >= 4 is 11.4 Å². The quantitative estimate of drug-likeness (QED) is 0.789. The predicted octanol–water partition coefficient (Wildman–Crippen LogP) is 3.51. The molecule has 0 aliphatic heterocycles. The zero-order chi connectivity index (χ0) is 10.7. The lowest BCUT2D eigenvalue weighted by Gasteiger charge is -2.05. The maximum atomic E-state index is 12.8. The molecule has 0 heterocycles. The molecule has 0 atom stereocenters.